The zero-order valence-electron chi connectivity index (χ0n) is 10.5. The summed E-state index contributed by atoms with van der Waals surface area (Å²) in [6.07, 6.45) is 0.912. The van der Waals surface area contributed by atoms with Crippen LogP contribution in [0.3, 0.4) is 0 Å². The molecular weight excluding hydrogens is 258 g/mol. The molecule has 5 heteroatoms. The third-order valence-electron chi connectivity index (χ3n) is 3.36. The lowest BCUT2D eigenvalue weighted by Crippen LogP contribution is -2.36. The highest BCUT2D eigenvalue weighted by Crippen LogP contribution is 2.20. The van der Waals surface area contributed by atoms with Crippen molar-refractivity contribution in [1.82, 2.24) is 9.88 Å². The van der Waals surface area contributed by atoms with E-state index in [1.807, 2.05) is 17.0 Å². The quantitative estimate of drug-likeness (QED) is 0.907. The van der Waals surface area contributed by atoms with Crippen LogP contribution in [-0.4, -0.2) is 22.3 Å². The summed E-state index contributed by atoms with van der Waals surface area (Å²) in [5.74, 6) is 0.00505. The Kier molecular flexibility index (Phi) is 3.31. The summed E-state index contributed by atoms with van der Waals surface area (Å²) in [6, 6.07) is 8.28. The number of rotatable bonds is 2. The molecule has 0 atom stereocenters. The Morgan fingerprint density at radius 2 is 2.16 bits per heavy atom. The summed E-state index contributed by atoms with van der Waals surface area (Å²) in [5, 5.41) is 2.60. The van der Waals surface area contributed by atoms with E-state index in [1.165, 1.54) is 22.5 Å². The number of benzene rings is 1. The molecule has 0 spiro atoms. The molecular formula is C14H15N3OS. The van der Waals surface area contributed by atoms with Gasteiger partial charge in [-0.2, -0.15) is 0 Å². The smallest absolute Gasteiger partial charge is 0.273 e. The molecule has 0 saturated heterocycles. The fraction of sp³-hybridized carbons (Fsp3) is 0.286. The second kappa shape index (κ2) is 5.11. The van der Waals surface area contributed by atoms with Crippen LogP contribution < -0.4 is 5.73 Å². The van der Waals surface area contributed by atoms with Gasteiger partial charge in [0.1, 0.15) is 10.7 Å². The first-order valence-corrected chi connectivity index (χ1v) is 7.16. The Labute approximate surface area is 115 Å². The number of thiazole rings is 1. The molecule has 2 aromatic rings. The van der Waals surface area contributed by atoms with E-state index in [-0.39, 0.29) is 5.91 Å². The maximum Gasteiger partial charge on any atom is 0.273 e. The number of nitrogens with zero attached hydrogens (tertiary/aromatic N) is 2. The van der Waals surface area contributed by atoms with Crippen LogP contribution in [0.25, 0.3) is 0 Å². The van der Waals surface area contributed by atoms with Gasteiger partial charge in [0.2, 0.25) is 0 Å². The number of hydrogen-bond donors (Lipinski definition) is 1. The number of carbonyl (C=O) groups excluding carboxylic acids is 1. The molecule has 19 heavy (non-hydrogen) atoms. The van der Waals surface area contributed by atoms with Crippen LogP contribution in [0, 0.1) is 0 Å². The van der Waals surface area contributed by atoms with E-state index < -0.39 is 0 Å². The van der Waals surface area contributed by atoms with Crippen LogP contribution in [0.1, 0.15) is 26.6 Å². The maximum atomic E-state index is 12.4. The third-order valence-corrected chi connectivity index (χ3v) is 4.23. The fourth-order valence-electron chi connectivity index (χ4n) is 2.33. The SMILES string of the molecule is NCc1nc(C(=O)N2CCc3ccccc3C2)cs1. The molecule has 1 aromatic carbocycles. The minimum absolute atomic E-state index is 0.00505. The van der Waals surface area contributed by atoms with Gasteiger partial charge in [0, 0.05) is 25.0 Å². The van der Waals surface area contributed by atoms with Gasteiger partial charge in [-0.3, -0.25) is 4.79 Å². The third kappa shape index (κ3) is 2.39. The molecule has 0 unspecified atom stereocenters. The van der Waals surface area contributed by atoms with Crippen molar-refractivity contribution in [1.29, 1.82) is 0 Å². The zero-order valence-corrected chi connectivity index (χ0v) is 11.3. The summed E-state index contributed by atoms with van der Waals surface area (Å²) in [6.45, 7) is 1.82. The largest absolute Gasteiger partial charge is 0.333 e. The van der Waals surface area contributed by atoms with Crippen molar-refractivity contribution in [2.75, 3.05) is 6.54 Å². The van der Waals surface area contributed by atoms with Gasteiger partial charge >= 0.3 is 0 Å². The Morgan fingerprint density at radius 1 is 1.37 bits per heavy atom. The molecule has 4 nitrogen and oxygen atoms in total. The van der Waals surface area contributed by atoms with E-state index in [2.05, 4.69) is 17.1 Å². The number of amides is 1. The van der Waals surface area contributed by atoms with Crippen molar-refractivity contribution in [2.24, 2.45) is 5.73 Å². The molecule has 0 aliphatic carbocycles. The molecule has 1 aliphatic heterocycles. The van der Waals surface area contributed by atoms with Gasteiger partial charge in [-0.05, 0) is 17.5 Å². The standard InChI is InChI=1S/C14H15N3OS/c15-7-13-16-12(9-19-13)14(18)17-6-5-10-3-1-2-4-11(10)8-17/h1-4,9H,5-8,15H2. The van der Waals surface area contributed by atoms with Crippen molar-refractivity contribution >= 4 is 17.2 Å². The number of carbonyl (C=O) groups is 1. The predicted octanol–water partition coefficient (Wildman–Crippen LogP) is 1.80. The second-order valence-corrected chi connectivity index (χ2v) is 5.52. The fourth-order valence-corrected chi connectivity index (χ4v) is 2.98. The van der Waals surface area contributed by atoms with Gasteiger partial charge in [0.15, 0.2) is 0 Å². The highest BCUT2D eigenvalue weighted by atomic mass is 32.1. The van der Waals surface area contributed by atoms with Crippen molar-refractivity contribution in [3.8, 4) is 0 Å². The number of nitrogens with two attached hydrogens (primary N) is 1. The van der Waals surface area contributed by atoms with Gasteiger partial charge in [0.05, 0.1) is 0 Å². The zero-order chi connectivity index (χ0) is 13.2. The molecule has 2 N–H and O–H groups in total. The summed E-state index contributed by atoms with van der Waals surface area (Å²) in [5.41, 5.74) is 8.62. The van der Waals surface area contributed by atoms with Gasteiger partial charge in [-0.15, -0.1) is 11.3 Å². The molecule has 1 aromatic heterocycles. The Balaban J connectivity index is 1.79. The molecule has 1 aliphatic rings. The van der Waals surface area contributed by atoms with Crippen LogP contribution in [0.5, 0.6) is 0 Å². The van der Waals surface area contributed by atoms with E-state index in [9.17, 15) is 4.79 Å². The van der Waals surface area contributed by atoms with Gasteiger partial charge in [0.25, 0.3) is 5.91 Å². The normalized spacial score (nSPS) is 14.3. The lowest BCUT2D eigenvalue weighted by atomic mass is 10.00. The summed E-state index contributed by atoms with van der Waals surface area (Å²) in [7, 11) is 0. The van der Waals surface area contributed by atoms with Crippen molar-refractivity contribution in [3.05, 3.63) is 51.5 Å². The van der Waals surface area contributed by atoms with E-state index in [0.717, 1.165) is 18.0 Å². The molecule has 0 fully saturated rings. The lowest BCUT2D eigenvalue weighted by Gasteiger charge is -2.28. The van der Waals surface area contributed by atoms with Gasteiger partial charge in [-0.25, -0.2) is 4.98 Å². The first-order chi connectivity index (χ1) is 9.28. The van der Waals surface area contributed by atoms with Gasteiger partial charge in [-0.1, -0.05) is 24.3 Å². The maximum absolute atomic E-state index is 12.4. The molecule has 0 bridgehead atoms. The Bertz CT molecular complexity index is 608. The summed E-state index contributed by atoms with van der Waals surface area (Å²) >= 11 is 1.44. The molecule has 2 heterocycles. The van der Waals surface area contributed by atoms with E-state index >= 15 is 0 Å². The number of hydrogen-bond acceptors (Lipinski definition) is 4. The van der Waals surface area contributed by atoms with E-state index in [0.29, 0.717) is 18.8 Å². The van der Waals surface area contributed by atoms with E-state index in [1.54, 1.807) is 5.38 Å². The second-order valence-electron chi connectivity index (χ2n) is 4.58. The average molecular weight is 273 g/mol. The first kappa shape index (κ1) is 12.3. The molecule has 0 radical (unpaired) electrons. The Morgan fingerprint density at radius 3 is 2.89 bits per heavy atom. The lowest BCUT2D eigenvalue weighted by molar-refractivity contribution is 0.0729. The Hall–Kier alpha value is -1.72. The van der Waals surface area contributed by atoms with Crippen molar-refractivity contribution < 1.29 is 4.79 Å². The summed E-state index contributed by atoms with van der Waals surface area (Å²) < 4.78 is 0. The van der Waals surface area contributed by atoms with Crippen LogP contribution in [0.15, 0.2) is 29.6 Å². The van der Waals surface area contributed by atoms with Gasteiger partial charge < -0.3 is 10.6 Å². The van der Waals surface area contributed by atoms with Crippen molar-refractivity contribution in [2.45, 2.75) is 19.5 Å². The minimum Gasteiger partial charge on any atom is -0.333 e. The monoisotopic (exact) mass is 273 g/mol. The first-order valence-electron chi connectivity index (χ1n) is 6.28. The predicted molar refractivity (Wildman–Crippen MR) is 74.9 cm³/mol. The molecule has 0 saturated carbocycles. The van der Waals surface area contributed by atoms with Crippen molar-refractivity contribution in [3.63, 3.8) is 0 Å². The van der Waals surface area contributed by atoms with Crippen LogP contribution in [-0.2, 0) is 19.5 Å². The van der Waals surface area contributed by atoms with E-state index in [4.69, 9.17) is 5.73 Å². The summed E-state index contributed by atoms with van der Waals surface area (Å²) in [4.78, 5) is 18.5. The molecule has 3 rings (SSSR count). The minimum atomic E-state index is 0.00505. The molecule has 98 valence electrons. The van der Waals surface area contributed by atoms with Crippen LogP contribution >= 0.6 is 11.3 Å². The average Bonchev–Trinajstić information content (AvgIpc) is 2.95. The molecule has 1 amide bonds. The van der Waals surface area contributed by atoms with Crippen LogP contribution in [0.2, 0.25) is 0 Å². The highest BCUT2D eigenvalue weighted by Gasteiger charge is 2.23. The van der Waals surface area contributed by atoms with Crippen LogP contribution in [0.4, 0.5) is 0 Å². The highest BCUT2D eigenvalue weighted by molar-refractivity contribution is 7.09. The number of aromatic nitrogens is 1. The topological polar surface area (TPSA) is 59.2 Å². The number of fused-ring (bicyclic) bond motifs is 1.